The summed E-state index contributed by atoms with van der Waals surface area (Å²) in [6, 6.07) is 2.48. The van der Waals surface area contributed by atoms with Crippen molar-refractivity contribution in [2.24, 2.45) is 0 Å². The molecule has 0 bridgehead atoms. The highest BCUT2D eigenvalue weighted by Crippen LogP contribution is 2.13. The van der Waals surface area contributed by atoms with Gasteiger partial charge in [-0.3, -0.25) is 4.68 Å². The molecule has 0 unspecified atom stereocenters. The Morgan fingerprint density at radius 1 is 1.43 bits per heavy atom. The fourth-order valence-corrected chi connectivity index (χ4v) is 1.28. The fourth-order valence-electron chi connectivity index (χ4n) is 1.28. The molecule has 0 saturated heterocycles. The van der Waals surface area contributed by atoms with Crippen LogP contribution < -0.4 is 0 Å². The Morgan fingerprint density at radius 3 is 2.71 bits per heavy atom. The normalized spacial score (nSPS) is 13.5. The van der Waals surface area contributed by atoms with E-state index in [2.05, 4.69) is 18.9 Å². The molecule has 3 heteroatoms. The van der Waals surface area contributed by atoms with E-state index in [4.69, 9.17) is 4.74 Å². The molecular formula is C11H20N2O. The van der Waals surface area contributed by atoms with E-state index in [1.807, 2.05) is 30.8 Å². The van der Waals surface area contributed by atoms with Gasteiger partial charge in [0, 0.05) is 12.2 Å². The van der Waals surface area contributed by atoms with Crippen LogP contribution in [0.15, 0.2) is 12.3 Å². The monoisotopic (exact) mass is 196 g/mol. The molecule has 80 valence electrons. The molecule has 0 fully saturated rings. The van der Waals surface area contributed by atoms with Gasteiger partial charge in [0.05, 0.1) is 18.4 Å². The van der Waals surface area contributed by atoms with Crippen LogP contribution in [0.2, 0.25) is 0 Å². The van der Waals surface area contributed by atoms with Gasteiger partial charge in [-0.15, -0.1) is 0 Å². The predicted octanol–water partition coefficient (Wildman–Crippen LogP) is 2.78. The van der Waals surface area contributed by atoms with E-state index in [1.54, 1.807) is 0 Å². The third-order valence-electron chi connectivity index (χ3n) is 2.33. The molecule has 0 saturated carbocycles. The Kier molecular flexibility index (Phi) is 4.14. The maximum Gasteiger partial charge on any atom is 0.0888 e. The van der Waals surface area contributed by atoms with Crippen molar-refractivity contribution < 1.29 is 4.74 Å². The summed E-state index contributed by atoms with van der Waals surface area (Å²) < 4.78 is 7.60. The van der Waals surface area contributed by atoms with Crippen LogP contribution in [-0.4, -0.2) is 15.9 Å². The highest BCUT2D eigenvalue weighted by molar-refractivity contribution is 5.00. The summed E-state index contributed by atoms with van der Waals surface area (Å²) in [4.78, 5) is 0. The lowest BCUT2D eigenvalue weighted by atomic mass is 10.2. The van der Waals surface area contributed by atoms with Gasteiger partial charge >= 0.3 is 0 Å². The Morgan fingerprint density at radius 2 is 2.14 bits per heavy atom. The number of hydrogen-bond acceptors (Lipinski definition) is 2. The summed E-state index contributed by atoms with van der Waals surface area (Å²) >= 11 is 0. The molecule has 0 spiro atoms. The minimum atomic E-state index is 0.273. The van der Waals surface area contributed by atoms with Crippen molar-refractivity contribution in [3.05, 3.63) is 18.0 Å². The first kappa shape index (κ1) is 11.2. The molecular weight excluding hydrogens is 176 g/mol. The lowest BCUT2D eigenvalue weighted by Gasteiger charge is -2.14. The number of hydrogen-bond donors (Lipinski definition) is 0. The van der Waals surface area contributed by atoms with Crippen LogP contribution in [0.5, 0.6) is 0 Å². The number of aromatic nitrogens is 2. The van der Waals surface area contributed by atoms with Crippen molar-refractivity contribution >= 4 is 0 Å². The van der Waals surface area contributed by atoms with E-state index in [1.165, 1.54) is 0 Å². The second-order valence-electron chi connectivity index (χ2n) is 3.88. The zero-order valence-corrected chi connectivity index (χ0v) is 9.53. The van der Waals surface area contributed by atoms with Gasteiger partial charge in [0.1, 0.15) is 0 Å². The molecule has 1 rings (SSSR count). The number of nitrogens with zero attached hydrogens (tertiary/aromatic N) is 2. The quantitative estimate of drug-likeness (QED) is 0.724. The molecule has 1 aromatic heterocycles. The minimum Gasteiger partial charge on any atom is -0.373 e. The van der Waals surface area contributed by atoms with Gasteiger partial charge in [-0.1, -0.05) is 6.92 Å². The topological polar surface area (TPSA) is 27.1 Å². The van der Waals surface area contributed by atoms with Crippen molar-refractivity contribution in [3.8, 4) is 0 Å². The standard InChI is InChI=1S/C11H20N2O/c1-5-10(4)13-11(6-7-12-13)8-14-9(2)3/h6-7,9-10H,5,8H2,1-4H3/t10-/m0/s1. The van der Waals surface area contributed by atoms with Crippen LogP contribution >= 0.6 is 0 Å². The molecule has 1 heterocycles. The highest BCUT2D eigenvalue weighted by Gasteiger charge is 2.08. The zero-order chi connectivity index (χ0) is 10.6. The van der Waals surface area contributed by atoms with Crippen LogP contribution in [0.4, 0.5) is 0 Å². The van der Waals surface area contributed by atoms with E-state index in [0.717, 1.165) is 12.1 Å². The summed E-state index contributed by atoms with van der Waals surface area (Å²) in [6.07, 6.45) is 3.21. The average molecular weight is 196 g/mol. The molecule has 14 heavy (non-hydrogen) atoms. The number of rotatable bonds is 5. The van der Waals surface area contributed by atoms with Crippen molar-refractivity contribution in [1.29, 1.82) is 0 Å². The molecule has 0 radical (unpaired) electrons. The van der Waals surface area contributed by atoms with Gasteiger partial charge < -0.3 is 4.74 Å². The third kappa shape index (κ3) is 2.84. The lowest BCUT2D eigenvalue weighted by molar-refractivity contribution is 0.0602. The molecule has 0 N–H and O–H groups in total. The van der Waals surface area contributed by atoms with E-state index >= 15 is 0 Å². The highest BCUT2D eigenvalue weighted by atomic mass is 16.5. The molecule has 0 aromatic carbocycles. The lowest BCUT2D eigenvalue weighted by Crippen LogP contribution is -2.12. The fraction of sp³-hybridized carbons (Fsp3) is 0.727. The van der Waals surface area contributed by atoms with Crippen molar-refractivity contribution in [2.45, 2.75) is 52.9 Å². The van der Waals surface area contributed by atoms with Crippen molar-refractivity contribution in [3.63, 3.8) is 0 Å². The summed E-state index contributed by atoms with van der Waals surface area (Å²) in [5.74, 6) is 0. The second-order valence-corrected chi connectivity index (χ2v) is 3.88. The Hall–Kier alpha value is -0.830. The van der Waals surface area contributed by atoms with Crippen LogP contribution in [0.25, 0.3) is 0 Å². The van der Waals surface area contributed by atoms with Gasteiger partial charge in [0.15, 0.2) is 0 Å². The van der Waals surface area contributed by atoms with Crippen molar-refractivity contribution in [1.82, 2.24) is 9.78 Å². The maximum absolute atomic E-state index is 5.56. The first-order valence-corrected chi connectivity index (χ1v) is 5.29. The first-order chi connectivity index (χ1) is 6.65. The summed E-state index contributed by atoms with van der Waals surface area (Å²) in [6.45, 7) is 9.08. The maximum atomic E-state index is 5.56. The summed E-state index contributed by atoms with van der Waals surface area (Å²) in [5.41, 5.74) is 1.16. The molecule has 0 aliphatic heterocycles. The summed E-state index contributed by atoms with van der Waals surface area (Å²) in [5, 5.41) is 4.30. The summed E-state index contributed by atoms with van der Waals surface area (Å²) in [7, 11) is 0. The van der Waals surface area contributed by atoms with Gasteiger partial charge in [-0.05, 0) is 33.3 Å². The van der Waals surface area contributed by atoms with Crippen LogP contribution in [0.3, 0.4) is 0 Å². The molecule has 0 aliphatic rings. The van der Waals surface area contributed by atoms with E-state index < -0.39 is 0 Å². The Labute approximate surface area is 86.1 Å². The van der Waals surface area contributed by atoms with Gasteiger partial charge in [-0.25, -0.2) is 0 Å². The predicted molar refractivity (Wildman–Crippen MR) is 57.2 cm³/mol. The van der Waals surface area contributed by atoms with Crippen LogP contribution in [-0.2, 0) is 11.3 Å². The molecule has 0 aliphatic carbocycles. The number of ether oxygens (including phenoxy) is 1. The SMILES string of the molecule is CC[C@H](C)n1nccc1COC(C)C. The van der Waals surface area contributed by atoms with Crippen LogP contribution in [0.1, 0.15) is 45.9 Å². The zero-order valence-electron chi connectivity index (χ0n) is 9.53. The smallest absolute Gasteiger partial charge is 0.0888 e. The largest absolute Gasteiger partial charge is 0.373 e. The second kappa shape index (κ2) is 5.15. The van der Waals surface area contributed by atoms with E-state index in [9.17, 15) is 0 Å². The molecule has 1 atom stereocenters. The molecule has 3 nitrogen and oxygen atoms in total. The Balaban J connectivity index is 2.62. The average Bonchev–Trinajstić information content (AvgIpc) is 2.61. The van der Waals surface area contributed by atoms with Crippen LogP contribution in [0, 0.1) is 0 Å². The third-order valence-corrected chi connectivity index (χ3v) is 2.33. The van der Waals surface area contributed by atoms with E-state index in [0.29, 0.717) is 12.6 Å². The Bertz CT molecular complexity index is 268. The van der Waals surface area contributed by atoms with Crippen molar-refractivity contribution in [2.75, 3.05) is 0 Å². The van der Waals surface area contributed by atoms with Gasteiger partial charge in [0.25, 0.3) is 0 Å². The van der Waals surface area contributed by atoms with Gasteiger partial charge in [-0.2, -0.15) is 5.10 Å². The van der Waals surface area contributed by atoms with E-state index in [-0.39, 0.29) is 6.10 Å². The molecule has 0 amide bonds. The molecule has 1 aromatic rings. The first-order valence-electron chi connectivity index (χ1n) is 5.29. The minimum absolute atomic E-state index is 0.273. The van der Waals surface area contributed by atoms with Gasteiger partial charge in [0.2, 0.25) is 0 Å².